The molecule has 0 aliphatic rings. The van der Waals surface area contributed by atoms with Crippen LogP contribution in [0.2, 0.25) is 0 Å². The number of benzene rings is 3. The van der Waals surface area contributed by atoms with Gasteiger partial charge in [-0.3, -0.25) is 15.1 Å². The third-order valence-corrected chi connectivity index (χ3v) is 6.09. The van der Waals surface area contributed by atoms with Crippen LogP contribution in [0.5, 0.6) is 0 Å². The van der Waals surface area contributed by atoms with Crippen molar-refractivity contribution in [3.63, 3.8) is 0 Å². The molecule has 0 aliphatic carbocycles. The molecule has 5 rings (SSSR count). The normalized spacial score (nSPS) is 10.6. The summed E-state index contributed by atoms with van der Waals surface area (Å²) in [6.07, 6.45) is 3.19. The predicted octanol–water partition coefficient (Wildman–Crippen LogP) is 6.79. The molecule has 5 heteroatoms. The topological polar surface area (TPSA) is 54.9 Å². The molecule has 0 spiro atoms. The van der Waals surface area contributed by atoms with Gasteiger partial charge in [-0.05, 0) is 28.8 Å². The summed E-state index contributed by atoms with van der Waals surface area (Å²) in [5.41, 5.74) is 5.75. The van der Waals surface area contributed by atoms with Crippen molar-refractivity contribution < 1.29 is 4.79 Å². The lowest BCUT2D eigenvalue weighted by atomic mass is 10.0. The second-order valence-corrected chi connectivity index (χ2v) is 8.20. The number of anilines is 1. The highest BCUT2D eigenvalue weighted by Crippen LogP contribution is 2.39. The molecular weight excluding hydrogens is 414 g/mol. The lowest BCUT2D eigenvalue weighted by Crippen LogP contribution is -2.11. The van der Waals surface area contributed by atoms with E-state index in [1.165, 1.54) is 16.9 Å². The number of hydrogen-bond donors (Lipinski definition) is 1. The summed E-state index contributed by atoms with van der Waals surface area (Å²) in [6, 6.07) is 32.2. The fourth-order valence-corrected chi connectivity index (χ4v) is 4.46. The van der Waals surface area contributed by atoms with Crippen LogP contribution in [-0.2, 0) is 0 Å². The Bertz CT molecular complexity index is 1330. The number of rotatable bonds is 5. The Balaban J connectivity index is 1.51. The van der Waals surface area contributed by atoms with Crippen molar-refractivity contribution in [2.24, 2.45) is 0 Å². The van der Waals surface area contributed by atoms with Gasteiger partial charge in [-0.1, -0.05) is 96.3 Å². The summed E-state index contributed by atoms with van der Waals surface area (Å²) in [6.45, 7) is 0. The fourth-order valence-electron chi connectivity index (χ4n) is 3.47. The molecule has 1 amide bonds. The van der Waals surface area contributed by atoms with Gasteiger partial charge in [-0.15, -0.1) is 0 Å². The van der Waals surface area contributed by atoms with Crippen LogP contribution in [0.25, 0.3) is 32.8 Å². The number of aromatic nitrogens is 2. The van der Waals surface area contributed by atoms with E-state index in [2.05, 4.69) is 46.7 Å². The van der Waals surface area contributed by atoms with Crippen LogP contribution in [0.1, 0.15) is 10.4 Å². The first-order valence-corrected chi connectivity index (χ1v) is 11.0. The first-order chi connectivity index (χ1) is 15.8. The summed E-state index contributed by atoms with van der Waals surface area (Å²) in [5, 5.41) is 3.48. The van der Waals surface area contributed by atoms with Gasteiger partial charge in [0.2, 0.25) is 0 Å². The van der Waals surface area contributed by atoms with Crippen molar-refractivity contribution >= 4 is 22.4 Å². The van der Waals surface area contributed by atoms with Gasteiger partial charge in [0.1, 0.15) is 0 Å². The molecule has 32 heavy (non-hydrogen) atoms. The van der Waals surface area contributed by atoms with Crippen molar-refractivity contribution in [3.8, 4) is 32.8 Å². The third-order valence-electron chi connectivity index (χ3n) is 5.07. The molecule has 0 fully saturated rings. The second kappa shape index (κ2) is 8.96. The van der Waals surface area contributed by atoms with Gasteiger partial charge in [0, 0.05) is 18.0 Å². The van der Waals surface area contributed by atoms with E-state index in [1.807, 2.05) is 48.5 Å². The largest absolute Gasteiger partial charge is 0.298 e. The minimum Gasteiger partial charge on any atom is -0.298 e. The minimum atomic E-state index is -0.225. The molecule has 0 saturated heterocycles. The molecule has 0 unspecified atom stereocenters. The Labute approximate surface area is 190 Å². The van der Waals surface area contributed by atoms with Crippen LogP contribution in [0.3, 0.4) is 0 Å². The number of carbonyl (C=O) groups excluding carboxylic acids is 1. The average molecular weight is 434 g/mol. The van der Waals surface area contributed by atoms with Crippen LogP contribution >= 0.6 is 11.3 Å². The van der Waals surface area contributed by atoms with Gasteiger partial charge in [-0.2, -0.15) is 0 Å². The zero-order chi connectivity index (χ0) is 21.8. The van der Waals surface area contributed by atoms with Gasteiger partial charge in [0.05, 0.1) is 16.1 Å². The molecule has 5 aromatic rings. The fraction of sp³-hybridized carbons (Fsp3) is 0. The summed E-state index contributed by atoms with van der Waals surface area (Å²) < 4.78 is 0. The molecule has 0 radical (unpaired) electrons. The number of carbonyl (C=O) groups is 1. The molecule has 0 aliphatic heterocycles. The van der Waals surface area contributed by atoms with Gasteiger partial charge in [0.25, 0.3) is 5.91 Å². The van der Waals surface area contributed by atoms with Crippen molar-refractivity contribution in [1.82, 2.24) is 9.97 Å². The zero-order valence-electron chi connectivity index (χ0n) is 17.1. The SMILES string of the molecule is O=C(Nc1nc(-c2ccccc2)c(-c2ccc(-c3ccccc3)cc2)s1)c1cccnc1. The van der Waals surface area contributed by atoms with E-state index >= 15 is 0 Å². The maximum atomic E-state index is 12.6. The smallest absolute Gasteiger partial charge is 0.259 e. The molecule has 0 bridgehead atoms. The highest BCUT2D eigenvalue weighted by molar-refractivity contribution is 7.19. The Kier molecular flexibility index (Phi) is 5.56. The predicted molar refractivity (Wildman–Crippen MR) is 131 cm³/mol. The Morgan fingerprint density at radius 2 is 1.31 bits per heavy atom. The lowest BCUT2D eigenvalue weighted by Gasteiger charge is -2.05. The maximum Gasteiger partial charge on any atom is 0.259 e. The summed E-state index contributed by atoms with van der Waals surface area (Å²) >= 11 is 1.47. The van der Waals surface area contributed by atoms with Crippen molar-refractivity contribution in [2.75, 3.05) is 5.32 Å². The van der Waals surface area contributed by atoms with E-state index in [0.29, 0.717) is 10.7 Å². The number of nitrogens with zero attached hydrogens (tertiary/aromatic N) is 2. The minimum absolute atomic E-state index is 0.225. The highest BCUT2D eigenvalue weighted by atomic mass is 32.1. The molecular formula is C27H19N3OS. The monoisotopic (exact) mass is 433 g/mol. The van der Waals surface area contributed by atoms with Crippen molar-refractivity contribution in [3.05, 3.63) is 115 Å². The number of thiazole rings is 1. The number of hydrogen-bond acceptors (Lipinski definition) is 4. The number of pyridine rings is 1. The summed E-state index contributed by atoms with van der Waals surface area (Å²) in [5.74, 6) is -0.225. The van der Waals surface area contributed by atoms with Crippen LogP contribution < -0.4 is 5.32 Å². The molecule has 3 aromatic carbocycles. The van der Waals surface area contributed by atoms with Gasteiger partial charge in [-0.25, -0.2) is 4.98 Å². The first kappa shape index (κ1) is 19.8. The van der Waals surface area contributed by atoms with E-state index in [4.69, 9.17) is 4.98 Å². The van der Waals surface area contributed by atoms with E-state index < -0.39 is 0 Å². The standard InChI is InChI=1S/C27H19N3OS/c31-26(23-12-7-17-28-18-23)30-27-29-24(21-10-5-2-6-11-21)25(32-27)22-15-13-20(14-16-22)19-8-3-1-4-9-19/h1-18H,(H,29,30,31). The Hall–Kier alpha value is -4.09. The average Bonchev–Trinajstić information content (AvgIpc) is 3.29. The second-order valence-electron chi connectivity index (χ2n) is 7.20. The van der Waals surface area contributed by atoms with Crippen LogP contribution in [0.15, 0.2) is 109 Å². The van der Waals surface area contributed by atoms with Crippen molar-refractivity contribution in [2.45, 2.75) is 0 Å². The Morgan fingerprint density at radius 1 is 0.688 bits per heavy atom. The van der Waals surface area contributed by atoms with Crippen LogP contribution in [0, 0.1) is 0 Å². The van der Waals surface area contributed by atoms with Crippen LogP contribution in [0.4, 0.5) is 5.13 Å². The zero-order valence-corrected chi connectivity index (χ0v) is 17.9. The van der Waals surface area contributed by atoms with Crippen LogP contribution in [-0.4, -0.2) is 15.9 Å². The molecule has 4 nitrogen and oxygen atoms in total. The Morgan fingerprint density at radius 3 is 1.97 bits per heavy atom. The van der Waals surface area contributed by atoms with E-state index in [9.17, 15) is 4.79 Å². The van der Waals surface area contributed by atoms with E-state index in [1.54, 1.807) is 24.5 Å². The van der Waals surface area contributed by atoms with Gasteiger partial charge in [0.15, 0.2) is 5.13 Å². The first-order valence-electron chi connectivity index (χ1n) is 10.2. The number of amides is 1. The van der Waals surface area contributed by atoms with Gasteiger partial charge >= 0.3 is 0 Å². The van der Waals surface area contributed by atoms with Gasteiger partial charge < -0.3 is 0 Å². The van der Waals surface area contributed by atoms with E-state index in [-0.39, 0.29) is 5.91 Å². The summed E-state index contributed by atoms with van der Waals surface area (Å²) in [4.78, 5) is 22.4. The van der Waals surface area contributed by atoms with Crippen molar-refractivity contribution in [1.29, 1.82) is 0 Å². The molecule has 0 atom stereocenters. The van der Waals surface area contributed by atoms with E-state index in [0.717, 1.165) is 27.3 Å². The molecule has 2 aromatic heterocycles. The third kappa shape index (κ3) is 4.19. The maximum absolute atomic E-state index is 12.6. The summed E-state index contributed by atoms with van der Waals surface area (Å²) in [7, 11) is 0. The number of nitrogens with one attached hydrogen (secondary N) is 1. The quantitative estimate of drug-likeness (QED) is 0.332. The lowest BCUT2D eigenvalue weighted by molar-refractivity contribution is 0.102. The molecule has 1 N–H and O–H groups in total. The highest BCUT2D eigenvalue weighted by Gasteiger charge is 2.17. The molecule has 2 heterocycles. The molecule has 154 valence electrons. The molecule has 0 saturated carbocycles.